The van der Waals surface area contributed by atoms with Crippen LogP contribution in [0.15, 0.2) is 0 Å². The van der Waals surface area contributed by atoms with Gasteiger partial charge in [-0.2, -0.15) is 0 Å². The molecule has 1 nitrogen and oxygen atoms in total. The van der Waals surface area contributed by atoms with Gasteiger partial charge in [-0.1, -0.05) is 6.42 Å². The molecule has 0 unspecified atom stereocenters. The van der Waals surface area contributed by atoms with Crippen LogP contribution < -0.4 is 5.32 Å². The number of alkyl halides is 2. The summed E-state index contributed by atoms with van der Waals surface area (Å²) in [5.41, 5.74) is -0.632. The van der Waals surface area contributed by atoms with Crippen molar-refractivity contribution in [3.63, 3.8) is 0 Å². The minimum atomic E-state index is -2.43. The molecule has 3 heteroatoms. The van der Waals surface area contributed by atoms with Gasteiger partial charge in [0.25, 0.3) is 5.92 Å². The zero-order chi connectivity index (χ0) is 7.24. The molecular weight excluding hydrogens is 136 g/mol. The van der Waals surface area contributed by atoms with E-state index in [4.69, 9.17) is 0 Å². The van der Waals surface area contributed by atoms with E-state index < -0.39 is 11.3 Å². The second-order valence-corrected chi connectivity index (χ2v) is 3.44. The Labute approximate surface area is 58.8 Å². The van der Waals surface area contributed by atoms with E-state index in [1.54, 1.807) is 0 Å². The van der Waals surface area contributed by atoms with E-state index in [1.807, 2.05) is 0 Å². The standard InChI is InChI=1S/C7H11F2N/c8-7(9)5-10-4-6(7)2-1-3-6/h10H,1-5H2. The van der Waals surface area contributed by atoms with Gasteiger partial charge < -0.3 is 5.32 Å². The van der Waals surface area contributed by atoms with E-state index in [0.717, 1.165) is 6.42 Å². The van der Waals surface area contributed by atoms with Crippen molar-refractivity contribution in [1.29, 1.82) is 0 Å². The Hall–Kier alpha value is -0.180. The van der Waals surface area contributed by atoms with E-state index in [9.17, 15) is 8.78 Å². The summed E-state index contributed by atoms with van der Waals surface area (Å²) in [5.74, 6) is -2.43. The average Bonchev–Trinajstić information content (AvgIpc) is 2.02. The molecule has 2 fully saturated rings. The highest BCUT2D eigenvalue weighted by atomic mass is 19.3. The van der Waals surface area contributed by atoms with Crippen LogP contribution in [0.2, 0.25) is 0 Å². The molecule has 10 heavy (non-hydrogen) atoms. The minimum Gasteiger partial charge on any atom is -0.310 e. The summed E-state index contributed by atoms with van der Waals surface area (Å²) in [6, 6.07) is 0. The lowest BCUT2D eigenvalue weighted by molar-refractivity contribution is -0.122. The Morgan fingerprint density at radius 3 is 2.00 bits per heavy atom. The summed E-state index contributed by atoms with van der Waals surface area (Å²) in [5, 5.41) is 2.76. The van der Waals surface area contributed by atoms with Crippen molar-refractivity contribution in [2.75, 3.05) is 13.1 Å². The van der Waals surface area contributed by atoms with Gasteiger partial charge in [-0.25, -0.2) is 8.78 Å². The van der Waals surface area contributed by atoms with Crippen LogP contribution in [0.5, 0.6) is 0 Å². The summed E-state index contributed by atoms with van der Waals surface area (Å²) < 4.78 is 26.0. The maximum absolute atomic E-state index is 13.0. The van der Waals surface area contributed by atoms with Crippen molar-refractivity contribution in [3.8, 4) is 0 Å². The van der Waals surface area contributed by atoms with Gasteiger partial charge in [-0.3, -0.25) is 0 Å². The number of halogens is 2. The van der Waals surface area contributed by atoms with E-state index in [2.05, 4.69) is 5.32 Å². The van der Waals surface area contributed by atoms with Gasteiger partial charge in [0.05, 0.1) is 6.54 Å². The highest BCUT2D eigenvalue weighted by Gasteiger charge is 2.59. The predicted octanol–water partition coefficient (Wildman–Crippen LogP) is 1.40. The number of nitrogens with one attached hydrogen (secondary N) is 1. The van der Waals surface area contributed by atoms with Crippen LogP contribution in [0.1, 0.15) is 19.3 Å². The van der Waals surface area contributed by atoms with Gasteiger partial charge in [0.2, 0.25) is 0 Å². The molecule has 0 aromatic heterocycles. The molecule has 1 spiro atoms. The fourth-order valence-corrected chi connectivity index (χ4v) is 1.92. The molecule has 1 aliphatic heterocycles. The van der Waals surface area contributed by atoms with Gasteiger partial charge in [0.15, 0.2) is 0 Å². The summed E-state index contributed by atoms with van der Waals surface area (Å²) in [6.45, 7) is 0.424. The lowest BCUT2D eigenvalue weighted by Crippen LogP contribution is -2.45. The molecule has 1 N–H and O–H groups in total. The van der Waals surface area contributed by atoms with Crippen molar-refractivity contribution in [2.45, 2.75) is 25.2 Å². The van der Waals surface area contributed by atoms with E-state index in [1.165, 1.54) is 0 Å². The molecule has 2 rings (SSSR count). The number of hydrogen-bond donors (Lipinski definition) is 1. The Morgan fingerprint density at radius 2 is 1.80 bits per heavy atom. The normalized spacial score (nSPS) is 34.2. The first-order valence-electron chi connectivity index (χ1n) is 3.75. The van der Waals surface area contributed by atoms with Gasteiger partial charge in [-0.15, -0.1) is 0 Å². The Morgan fingerprint density at radius 1 is 1.10 bits per heavy atom. The molecule has 0 aromatic rings. The van der Waals surface area contributed by atoms with Crippen LogP contribution in [0.4, 0.5) is 8.78 Å². The highest BCUT2D eigenvalue weighted by Crippen LogP contribution is 2.53. The first kappa shape index (κ1) is 6.53. The van der Waals surface area contributed by atoms with Crippen LogP contribution in [0.25, 0.3) is 0 Å². The molecule has 2 aliphatic rings. The molecule has 0 radical (unpaired) electrons. The third kappa shape index (κ3) is 0.590. The topological polar surface area (TPSA) is 12.0 Å². The van der Waals surface area contributed by atoms with E-state index in [0.29, 0.717) is 19.4 Å². The first-order valence-corrected chi connectivity index (χ1v) is 3.75. The molecule has 0 atom stereocenters. The molecule has 0 amide bonds. The molecular formula is C7H11F2N. The van der Waals surface area contributed by atoms with Crippen molar-refractivity contribution in [3.05, 3.63) is 0 Å². The monoisotopic (exact) mass is 147 g/mol. The van der Waals surface area contributed by atoms with E-state index >= 15 is 0 Å². The quantitative estimate of drug-likeness (QED) is 0.546. The predicted molar refractivity (Wildman–Crippen MR) is 34.1 cm³/mol. The minimum absolute atomic E-state index is 0.104. The van der Waals surface area contributed by atoms with Crippen molar-refractivity contribution >= 4 is 0 Å². The summed E-state index contributed by atoms with van der Waals surface area (Å²) in [7, 11) is 0. The fraction of sp³-hybridized carbons (Fsp3) is 1.00. The van der Waals surface area contributed by atoms with Crippen molar-refractivity contribution in [2.24, 2.45) is 5.41 Å². The zero-order valence-corrected chi connectivity index (χ0v) is 5.79. The maximum atomic E-state index is 13.0. The maximum Gasteiger partial charge on any atom is 0.267 e. The van der Waals surface area contributed by atoms with Gasteiger partial charge in [0.1, 0.15) is 0 Å². The zero-order valence-electron chi connectivity index (χ0n) is 5.79. The lowest BCUT2D eigenvalue weighted by atomic mass is 9.66. The Kier molecular flexibility index (Phi) is 1.11. The van der Waals surface area contributed by atoms with Gasteiger partial charge in [0, 0.05) is 12.0 Å². The SMILES string of the molecule is FC1(F)CNCC12CCC2. The van der Waals surface area contributed by atoms with Crippen molar-refractivity contribution in [1.82, 2.24) is 5.32 Å². The second kappa shape index (κ2) is 1.70. The number of hydrogen-bond acceptors (Lipinski definition) is 1. The summed E-state index contributed by atoms with van der Waals surface area (Å²) >= 11 is 0. The third-order valence-electron chi connectivity index (χ3n) is 2.90. The molecule has 1 heterocycles. The lowest BCUT2D eigenvalue weighted by Gasteiger charge is -2.41. The molecule has 0 aromatic carbocycles. The van der Waals surface area contributed by atoms with Gasteiger partial charge >= 0.3 is 0 Å². The third-order valence-corrected chi connectivity index (χ3v) is 2.90. The highest BCUT2D eigenvalue weighted by molar-refractivity contribution is 5.05. The molecule has 1 saturated heterocycles. The van der Waals surface area contributed by atoms with E-state index in [-0.39, 0.29) is 6.54 Å². The first-order chi connectivity index (χ1) is 4.66. The van der Waals surface area contributed by atoms with Crippen molar-refractivity contribution < 1.29 is 8.78 Å². The Bertz CT molecular complexity index is 152. The molecule has 0 bridgehead atoms. The second-order valence-electron chi connectivity index (χ2n) is 3.44. The fourth-order valence-electron chi connectivity index (χ4n) is 1.92. The Balaban J connectivity index is 2.20. The summed E-state index contributed by atoms with van der Waals surface area (Å²) in [6.07, 6.45) is 2.41. The van der Waals surface area contributed by atoms with Gasteiger partial charge in [-0.05, 0) is 12.8 Å². The molecule has 1 aliphatic carbocycles. The summed E-state index contributed by atoms with van der Waals surface area (Å²) in [4.78, 5) is 0. The average molecular weight is 147 g/mol. The van der Waals surface area contributed by atoms with Crippen LogP contribution in [0, 0.1) is 5.41 Å². The molecule has 58 valence electrons. The number of rotatable bonds is 0. The van der Waals surface area contributed by atoms with Crippen LogP contribution in [-0.2, 0) is 0 Å². The van der Waals surface area contributed by atoms with Crippen LogP contribution in [-0.4, -0.2) is 19.0 Å². The molecule has 1 saturated carbocycles. The smallest absolute Gasteiger partial charge is 0.267 e. The van der Waals surface area contributed by atoms with Crippen LogP contribution >= 0.6 is 0 Å². The van der Waals surface area contributed by atoms with Crippen LogP contribution in [0.3, 0.4) is 0 Å². The largest absolute Gasteiger partial charge is 0.310 e.